The number of hydrogen-bond donors (Lipinski definition) is 0. The van der Waals surface area contributed by atoms with E-state index in [2.05, 4.69) is 101 Å². The molecule has 64 heavy (non-hydrogen) atoms. The van der Waals surface area contributed by atoms with Gasteiger partial charge in [-0.15, -0.1) is 0 Å². The first-order valence-corrected chi connectivity index (χ1v) is 23.0. The average Bonchev–Trinajstić information content (AvgIpc) is 3.96. The highest BCUT2D eigenvalue weighted by molar-refractivity contribution is 5.35. The summed E-state index contributed by atoms with van der Waals surface area (Å²) in [6.07, 6.45) is 3.99. The van der Waals surface area contributed by atoms with Crippen LogP contribution in [0.15, 0.2) is 57.6 Å². The molecular formula is C51H73N7O6. The first kappa shape index (κ1) is 53.1. The van der Waals surface area contributed by atoms with Crippen LogP contribution < -0.4 is 9.47 Å². The normalized spacial score (nSPS) is 14.9. The molecule has 0 amide bonds. The Kier molecular flexibility index (Phi) is 22.0. The van der Waals surface area contributed by atoms with E-state index < -0.39 is 0 Å². The smallest absolute Gasteiger partial charge is 0.229 e. The maximum Gasteiger partial charge on any atom is 0.229 e. The fourth-order valence-electron chi connectivity index (χ4n) is 7.29. The molecule has 13 nitrogen and oxygen atoms in total. The minimum absolute atomic E-state index is 0.0134. The van der Waals surface area contributed by atoms with Gasteiger partial charge in [0.2, 0.25) is 11.8 Å². The van der Waals surface area contributed by atoms with Crippen LogP contribution in [0.3, 0.4) is 0 Å². The van der Waals surface area contributed by atoms with E-state index >= 15 is 0 Å². The molecule has 2 heterocycles. The standard InChI is InChI=1S/C46H64N6O6.C5H9N/c1-11-33(30-48)28-32(4)43-49-41(51-57-43)39(45(5,6)7)35-13-17-37(18-14-35)55-25-23-53-21-22-54-24-26-56-38-19-15-36(16-20-38)40(46(8,9)10)42-50-44(58-52-42)34(12-2)27-31(3)29-47;1-3-5(2)4-6/h13-20,31-34,39-40H,11-12,21-28H2,1-10H3;5H,3H2,1-2H3. The van der Waals surface area contributed by atoms with Crippen LogP contribution in [0.4, 0.5) is 0 Å². The van der Waals surface area contributed by atoms with Crippen LogP contribution in [0.2, 0.25) is 0 Å². The maximum atomic E-state index is 9.38. The van der Waals surface area contributed by atoms with E-state index in [1.165, 1.54) is 0 Å². The third-order valence-electron chi connectivity index (χ3n) is 11.2. The van der Waals surface area contributed by atoms with Gasteiger partial charge < -0.3 is 28.0 Å². The second-order valence-corrected chi connectivity index (χ2v) is 18.8. The topological polar surface area (TPSA) is 186 Å². The maximum absolute atomic E-state index is 9.38. The van der Waals surface area contributed by atoms with E-state index in [-0.39, 0.29) is 52.3 Å². The molecule has 2 aromatic carbocycles. The van der Waals surface area contributed by atoms with Crippen LogP contribution in [0, 0.1) is 62.6 Å². The number of rotatable bonds is 24. The van der Waals surface area contributed by atoms with E-state index in [0.29, 0.717) is 75.9 Å². The molecule has 4 aromatic rings. The van der Waals surface area contributed by atoms with Crippen LogP contribution in [0.1, 0.15) is 173 Å². The van der Waals surface area contributed by atoms with Gasteiger partial charge in [-0.25, -0.2) is 0 Å². The van der Waals surface area contributed by atoms with Crippen molar-refractivity contribution in [1.29, 1.82) is 15.8 Å². The van der Waals surface area contributed by atoms with Crippen molar-refractivity contribution >= 4 is 0 Å². The third kappa shape index (κ3) is 17.0. The molecule has 2 aromatic heterocycles. The van der Waals surface area contributed by atoms with Gasteiger partial charge in [-0.05, 0) is 92.2 Å². The molecule has 13 heteroatoms. The predicted molar refractivity (Wildman–Crippen MR) is 247 cm³/mol. The fraction of sp³-hybridized carbons (Fsp3) is 0.627. The van der Waals surface area contributed by atoms with Crippen LogP contribution in [-0.4, -0.2) is 59.9 Å². The van der Waals surface area contributed by atoms with E-state index in [1.54, 1.807) is 0 Å². The van der Waals surface area contributed by atoms with E-state index in [9.17, 15) is 10.5 Å². The minimum Gasteiger partial charge on any atom is -0.491 e. The second-order valence-electron chi connectivity index (χ2n) is 18.8. The summed E-state index contributed by atoms with van der Waals surface area (Å²) >= 11 is 0. The van der Waals surface area contributed by atoms with Crippen LogP contribution >= 0.6 is 0 Å². The lowest BCUT2D eigenvalue weighted by Crippen LogP contribution is -2.21. The summed E-state index contributed by atoms with van der Waals surface area (Å²) in [4.78, 5) is 9.61. The van der Waals surface area contributed by atoms with Gasteiger partial charge in [0.1, 0.15) is 24.7 Å². The molecule has 0 fully saturated rings. The molecule has 0 radical (unpaired) electrons. The zero-order valence-corrected chi connectivity index (χ0v) is 40.5. The molecule has 0 saturated heterocycles. The van der Waals surface area contributed by atoms with E-state index in [0.717, 1.165) is 41.9 Å². The number of benzene rings is 2. The lowest BCUT2D eigenvalue weighted by atomic mass is 9.76. The summed E-state index contributed by atoms with van der Waals surface area (Å²) in [6.45, 7) is 27.6. The summed E-state index contributed by atoms with van der Waals surface area (Å²) in [5, 5.41) is 35.5. The summed E-state index contributed by atoms with van der Waals surface area (Å²) in [7, 11) is 0. The fourth-order valence-corrected chi connectivity index (χ4v) is 7.29. The van der Waals surface area contributed by atoms with Crippen molar-refractivity contribution in [3.8, 4) is 29.7 Å². The Morgan fingerprint density at radius 1 is 0.547 bits per heavy atom. The Hall–Kier alpha value is -5.29. The molecule has 0 bridgehead atoms. The quantitative estimate of drug-likeness (QED) is 0.0606. The lowest BCUT2D eigenvalue weighted by molar-refractivity contribution is 0.0273. The van der Waals surface area contributed by atoms with Gasteiger partial charge in [-0.2, -0.15) is 25.8 Å². The van der Waals surface area contributed by atoms with Gasteiger partial charge >= 0.3 is 0 Å². The van der Waals surface area contributed by atoms with Crippen molar-refractivity contribution in [3.63, 3.8) is 0 Å². The number of nitrogens with zero attached hydrogens (tertiary/aromatic N) is 7. The van der Waals surface area contributed by atoms with Gasteiger partial charge in [-0.3, -0.25) is 0 Å². The zero-order valence-electron chi connectivity index (χ0n) is 40.5. The van der Waals surface area contributed by atoms with Gasteiger partial charge in [0.05, 0.1) is 56.5 Å². The first-order chi connectivity index (χ1) is 30.5. The Labute approximate surface area is 382 Å². The predicted octanol–water partition coefficient (Wildman–Crippen LogP) is 11.9. The van der Waals surface area contributed by atoms with Gasteiger partial charge in [0.15, 0.2) is 11.6 Å². The molecule has 0 aliphatic heterocycles. The van der Waals surface area contributed by atoms with Crippen molar-refractivity contribution < 1.29 is 28.0 Å². The molecular weight excluding hydrogens is 807 g/mol. The minimum atomic E-state index is -0.156. The molecule has 7 atom stereocenters. The van der Waals surface area contributed by atoms with E-state index in [1.807, 2.05) is 58.9 Å². The van der Waals surface area contributed by atoms with Gasteiger partial charge in [-0.1, -0.05) is 104 Å². The Bertz CT molecular complexity index is 2050. The molecule has 0 aliphatic rings. The third-order valence-corrected chi connectivity index (χ3v) is 11.2. The molecule has 4 rings (SSSR count). The molecule has 7 unspecified atom stereocenters. The van der Waals surface area contributed by atoms with Crippen LogP contribution in [0.5, 0.6) is 11.5 Å². The van der Waals surface area contributed by atoms with Crippen LogP contribution in [0.25, 0.3) is 0 Å². The average molecular weight is 880 g/mol. The Morgan fingerprint density at radius 3 is 1.36 bits per heavy atom. The summed E-state index contributed by atoms with van der Waals surface area (Å²) in [5.74, 6) is 4.05. The van der Waals surface area contributed by atoms with Gasteiger partial charge in [0.25, 0.3) is 0 Å². The van der Waals surface area contributed by atoms with Crippen molar-refractivity contribution in [1.82, 2.24) is 20.3 Å². The SMILES string of the molecule is CCC(C#N)CC(C)c1nc(C(c2ccc(OCCOCCOCCOc3ccc(C(c4noc(C(CC)CC(C)C#N)n4)C(C)(C)C)cc3)cc2)C(C)(C)C)no1.CCC(C)C#N. The zero-order chi connectivity index (χ0) is 47.3. The number of ether oxygens (including phenoxy) is 4. The Balaban J connectivity index is 0.00000169. The monoisotopic (exact) mass is 880 g/mol. The highest BCUT2D eigenvalue weighted by atomic mass is 16.6. The number of hydrogen-bond acceptors (Lipinski definition) is 13. The number of aromatic nitrogens is 4. The largest absolute Gasteiger partial charge is 0.491 e. The summed E-state index contributed by atoms with van der Waals surface area (Å²) in [6, 6.07) is 22.8. The molecule has 0 N–H and O–H groups in total. The van der Waals surface area contributed by atoms with Gasteiger partial charge in [0, 0.05) is 29.6 Å². The van der Waals surface area contributed by atoms with Crippen molar-refractivity contribution in [2.75, 3.05) is 39.6 Å². The highest BCUT2D eigenvalue weighted by Crippen LogP contribution is 2.42. The molecule has 348 valence electrons. The summed E-state index contributed by atoms with van der Waals surface area (Å²) in [5.41, 5.74) is 1.84. The lowest BCUT2D eigenvalue weighted by Gasteiger charge is -2.28. The highest BCUT2D eigenvalue weighted by Gasteiger charge is 2.34. The second kappa shape index (κ2) is 26.5. The molecule has 0 aliphatic carbocycles. The van der Waals surface area contributed by atoms with E-state index in [4.69, 9.17) is 43.2 Å². The Morgan fingerprint density at radius 2 is 0.984 bits per heavy atom. The first-order valence-electron chi connectivity index (χ1n) is 23.0. The van der Waals surface area contributed by atoms with Crippen molar-refractivity contribution in [3.05, 3.63) is 83.1 Å². The number of nitriles is 3. The molecule has 0 saturated carbocycles. The van der Waals surface area contributed by atoms with Crippen molar-refractivity contribution in [2.45, 2.75) is 139 Å². The van der Waals surface area contributed by atoms with Crippen LogP contribution in [-0.2, 0) is 9.47 Å². The molecule has 0 spiro atoms. The summed E-state index contributed by atoms with van der Waals surface area (Å²) < 4.78 is 34.7. The van der Waals surface area contributed by atoms with Crippen molar-refractivity contribution in [2.24, 2.45) is 28.6 Å².